The molecule has 4 rings (SSSR count). The van der Waals surface area contributed by atoms with Crippen LogP contribution in [0, 0.1) is 0 Å². The Morgan fingerprint density at radius 3 is 2.32 bits per heavy atom. The highest BCUT2D eigenvalue weighted by molar-refractivity contribution is 6.30. The fourth-order valence-corrected chi connectivity index (χ4v) is 4.35. The number of carbonyl (C=O) groups is 1. The second-order valence-electron chi connectivity index (χ2n) is 8.36. The highest BCUT2D eigenvalue weighted by atomic mass is 35.5. The van der Waals surface area contributed by atoms with Gasteiger partial charge in [-0.05, 0) is 50.2 Å². The van der Waals surface area contributed by atoms with Gasteiger partial charge in [0.05, 0.1) is 23.8 Å². The molecule has 0 radical (unpaired) electrons. The summed E-state index contributed by atoms with van der Waals surface area (Å²) < 4.78 is 5.81. The van der Waals surface area contributed by atoms with Gasteiger partial charge >= 0.3 is 0 Å². The summed E-state index contributed by atoms with van der Waals surface area (Å²) in [5.41, 5.74) is 1.99. The first-order valence-corrected chi connectivity index (χ1v) is 11.2. The van der Waals surface area contributed by atoms with Gasteiger partial charge in [-0.1, -0.05) is 11.6 Å². The van der Waals surface area contributed by atoms with Crippen molar-refractivity contribution < 1.29 is 9.53 Å². The lowest BCUT2D eigenvalue weighted by molar-refractivity contribution is -0.117. The molecule has 2 saturated heterocycles. The Kier molecular flexibility index (Phi) is 6.95. The van der Waals surface area contributed by atoms with E-state index in [4.69, 9.17) is 16.3 Å². The van der Waals surface area contributed by atoms with Gasteiger partial charge in [0, 0.05) is 56.8 Å². The summed E-state index contributed by atoms with van der Waals surface area (Å²) in [6.45, 7) is 9.68. The number of benzene rings is 1. The van der Waals surface area contributed by atoms with Crippen LogP contribution in [-0.2, 0) is 9.53 Å². The van der Waals surface area contributed by atoms with E-state index in [0.717, 1.165) is 56.5 Å². The van der Waals surface area contributed by atoms with Crippen molar-refractivity contribution in [3.05, 3.63) is 47.6 Å². The van der Waals surface area contributed by atoms with Crippen LogP contribution < -0.4 is 15.1 Å². The molecule has 0 bridgehead atoms. The van der Waals surface area contributed by atoms with Crippen molar-refractivity contribution in [2.24, 2.45) is 0 Å². The number of hydrogen-bond acceptors (Lipinski definition) is 6. The summed E-state index contributed by atoms with van der Waals surface area (Å²) in [6, 6.07) is 11.9. The van der Waals surface area contributed by atoms with E-state index in [1.54, 1.807) is 6.20 Å². The van der Waals surface area contributed by atoms with Crippen LogP contribution in [0.5, 0.6) is 0 Å². The third-order valence-corrected chi connectivity index (χ3v) is 5.93. The van der Waals surface area contributed by atoms with Crippen LogP contribution in [0.3, 0.4) is 0 Å². The van der Waals surface area contributed by atoms with Crippen LogP contribution in [0.4, 0.5) is 17.2 Å². The minimum atomic E-state index is 0.0134. The molecule has 1 N–H and O–H groups in total. The van der Waals surface area contributed by atoms with Crippen molar-refractivity contribution in [3.8, 4) is 0 Å². The van der Waals surface area contributed by atoms with E-state index in [0.29, 0.717) is 11.6 Å². The highest BCUT2D eigenvalue weighted by Gasteiger charge is 2.23. The number of hydrogen-bond donors (Lipinski definition) is 1. The molecular formula is C23H30ClN5O2. The van der Waals surface area contributed by atoms with Gasteiger partial charge < -0.3 is 19.9 Å². The molecule has 0 spiro atoms. The molecule has 2 aromatic rings. The highest BCUT2D eigenvalue weighted by Crippen LogP contribution is 2.22. The summed E-state index contributed by atoms with van der Waals surface area (Å²) in [6.07, 6.45) is 2.11. The number of pyridine rings is 1. The molecule has 0 saturated carbocycles. The van der Waals surface area contributed by atoms with E-state index in [1.807, 2.05) is 24.3 Å². The van der Waals surface area contributed by atoms with E-state index in [9.17, 15) is 4.79 Å². The minimum absolute atomic E-state index is 0.0134. The van der Waals surface area contributed by atoms with Gasteiger partial charge in [-0.15, -0.1) is 0 Å². The Balaban J connectivity index is 1.24. The van der Waals surface area contributed by atoms with Crippen molar-refractivity contribution >= 4 is 34.7 Å². The Morgan fingerprint density at radius 2 is 1.71 bits per heavy atom. The van der Waals surface area contributed by atoms with Gasteiger partial charge in [0.2, 0.25) is 5.91 Å². The second-order valence-corrected chi connectivity index (χ2v) is 8.79. The fourth-order valence-electron chi connectivity index (χ4n) is 4.24. The lowest BCUT2D eigenvalue weighted by Gasteiger charge is -2.37. The molecular weight excluding hydrogens is 414 g/mol. The quantitative estimate of drug-likeness (QED) is 0.766. The molecule has 3 heterocycles. The molecule has 31 heavy (non-hydrogen) atoms. The Hall–Kier alpha value is -2.35. The third-order valence-electron chi connectivity index (χ3n) is 5.71. The maximum Gasteiger partial charge on any atom is 0.238 e. The average molecular weight is 444 g/mol. The molecule has 1 amide bonds. The minimum Gasteiger partial charge on any atom is -0.372 e. The van der Waals surface area contributed by atoms with Crippen LogP contribution in [-0.4, -0.2) is 73.8 Å². The molecule has 0 aliphatic carbocycles. The van der Waals surface area contributed by atoms with Gasteiger partial charge in [0.1, 0.15) is 5.82 Å². The lowest BCUT2D eigenvalue weighted by Crippen LogP contribution is -2.48. The molecule has 7 nitrogen and oxygen atoms in total. The monoisotopic (exact) mass is 443 g/mol. The van der Waals surface area contributed by atoms with Crippen LogP contribution in [0.25, 0.3) is 0 Å². The number of nitrogens with zero attached hydrogens (tertiary/aromatic N) is 4. The largest absolute Gasteiger partial charge is 0.372 e. The van der Waals surface area contributed by atoms with E-state index >= 15 is 0 Å². The standard InChI is InChI=1S/C23H30ClN5O2/c1-17-14-29(15-18(2)31-17)21-6-4-20(5-7-21)26-23(30)16-27-9-11-28(12-10-27)22-8-3-19(24)13-25-22/h3-8,13,17-18H,9-12,14-16H2,1-2H3,(H,26,30). The molecule has 166 valence electrons. The Labute approximate surface area is 188 Å². The number of amides is 1. The van der Waals surface area contributed by atoms with Crippen molar-refractivity contribution in [2.45, 2.75) is 26.1 Å². The van der Waals surface area contributed by atoms with Crippen LogP contribution in [0.15, 0.2) is 42.6 Å². The van der Waals surface area contributed by atoms with Crippen LogP contribution in [0.2, 0.25) is 5.02 Å². The van der Waals surface area contributed by atoms with Crippen molar-refractivity contribution in [1.82, 2.24) is 9.88 Å². The second kappa shape index (κ2) is 9.85. The first-order valence-electron chi connectivity index (χ1n) is 10.9. The zero-order valence-corrected chi connectivity index (χ0v) is 18.9. The topological polar surface area (TPSA) is 60.9 Å². The molecule has 2 aliphatic heterocycles. The number of morpholine rings is 1. The smallest absolute Gasteiger partial charge is 0.238 e. The maximum atomic E-state index is 12.5. The van der Waals surface area contributed by atoms with E-state index in [-0.39, 0.29) is 18.1 Å². The first-order chi connectivity index (χ1) is 15.0. The summed E-state index contributed by atoms with van der Waals surface area (Å²) >= 11 is 5.92. The van der Waals surface area contributed by atoms with Crippen LogP contribution in [0.1, 0.15) is 13.8 Å². The number of nitrogens with one attached hydrogen (secondary N) is 1. The summed E-state index contributed by atoms with van der Waals surface area (Å²) in [7, 11) is 0. The normalized spacial score (nSPS) is 22.4. The summed E-state index contributed by atoms with van der Waals surface area (Å²) in [4.78, 5) is 23.6. The number of halogens is 1. The molecule has 2 aliphatic rings. The molecule has 2 atom stereocenters. The molecule has 2 fully saturated rings. The van der Waals surface area contributed by atoms with E-state index in [2.05, 4.69) is 51.0 Å². The van der Waals surface area contributed by atoms with Crippen molar-refractivity contribution in [1.29, 1.82) is 0 Å². The molecule has 1 aromatic carbocycles. The zero-order valence-electron chi connectivity index (χ0n) is 18.1. The molecule has 2 unspecified atom stereocenters. The number of carbonyl (C=O) groups excluding carboxylic acids is 1. The van der Waals surface area contributed by atoms with E-state index in [1.165, 1.54) is 0 Å². The van der Waals surface area contributed by atoms with Gasteiger partial charge in [-0.2, -0.15) is 0 Å². The number of anilines is 3. The van der Waals surface area contributed by atoms with Crippen molar-refractivity contribution in [2.75, 3.05) is 60.9 Å². The fraction of sp³-hybridized carbons (Fsp3) is 0.478. The van der Waals surface area contributed by atoms with Gasteiger partial charge in [0.15, 0.2) is 0 Å². The van der Waals surface area contributed by atoms with Crippen LogP contribution >= 0.6 is 11.6 Å². The van der Waals surface area contributed by atoms with Gasteiger partial charge in [-0.3, -0.25) is 9.69 Å². The summed E-state index contributed by atoms with van der Waals surface area (Å²) in [5.74, 6) is 0.942. The summed E-state index contributed by atoms with van der Waals surface area (Å²) in [5, 5.41) is 3.66. The average Bonchev–Trinajstić information content (AvgIpc) is 2.75. The first kappa shape index (κ1) is 21.9. The SMILES string of the molecule is CC1CN(c2ccc(NC(=O)CN3CCN(c4ccc(Cl)cn4)CC3)cc2)CC(C)O1. The predicted octanol–water partition coefficient (Wildman–Crippen LogP) is 3.11. The third kappa shape index (κ3) is 5.87. The zero-order chi connectivity index (χ0) is 21.8. The molecule has 1 aromatic heterocycles. The Morgan fingerprint density at radius 1 is 1.03 bits per heavy atom. The number of piperazine rings is 1. The predicted molar refractivity (Wildman–Crippen MR) is 125 cm³/mol. The lowest BCUT2D eigenvalue weighted by atomic mass is 10.2. The van der Waals surface area contributed by atoms with Gasteiger partial charge in [0.25, 0.3) is 0 Å². The Bertz CT molecular complexity index is 859. The van der Waals surface area contributed by atoms with E-state index < -0.39 is 0 Å². The maximum absolute atomic E-state index is 12.5. The number of rotatable bonds is 5. The van der Waals surface area contributed by atoms with Crippen molar-refractivity contribution in [3.63, 3.8) is 0 Å². The molecule has 8 heteroatoms. The number of ether oxygens (including phenoxy) is 1. The van der Waals surface area contributed by atoms with Gasteiger partial charge in [-0.25, -0.2) is 4.98 Å². The number of aromatic nitrogens is 1.